The van der Waals surface area contributed by atoms with Crippen molar-refractivity contribution in [1.29, 1.82) is 0 Å². The van der Waals surface area contributed by atoms with Crippen molar-refractivity contribution in [2.75, 3.05) is 7.05 Å². The van der Waals surface area contributed by atoms with E-state index in [9.17, 15) is 9.59 Å². The molecular weight excluding hydrogens is 334 g/mol. The Morgan fingerprint density at radius 1 is 1.00 bits per heavy atom. The molecule has 0 fully saturated rings. The highest BCUT2D eigenvalue weighted by Crippen LogP contribution is 2.13. The first kappa shape index (κ1) is 15.3. The SMILES string of the molecule is CN(Cc1ccc(Br)cc1)C(=O)c1ccc(C(=O)O)cc1. The first-order valence-corrected chi connectivity index (χ1v) is 7.10. The fraction of sp³-hybridized carbons (Fsp3) is 0.125. The molecule has 4 nitrogen and oxygen atoms in total. The highest BCUT2D eigenvalue weighted by Gasteiger charge is 2.13. The van der Waals surface area contributed by atoms with E-state index in [1.165, 1.54) is 24.3 Å². The zero-order valence-corrected chi connectivity index (χ0v) is 13.0. The van der Waals surface area contributed by atoms with Crippen LogP contribution in [0.5, 0.6) is 0 Å². The van der Waals surface area contributed by atoms with Gasteiger partial charge in [-0.1, -0.05) is 28.1 Å². The lowest BCUT2D eigenvalue weighted by Crippen LogP contribution is -2.26. The molecule has 2 rings (SSSR count). The Morgan fingerprint density at radius 3 is 2.05 bits per heavy atom. The Kier molecular flexibility index (Phi) is 4.75. The van der Waals surface area contributed by atoms with Crippen LogP contribution in [-0.2, 0) is 6.54 Å². The third-order valence-electron chi connectivity index (χ3n) is 3.06. The molecule has 2 aromatic carbocycles. The monoisotopic (exact) mass is 347 g/mol. The molecular formula is C16H14BrNO3. The van der Waals surface area contributed by atoms with Crippen LogP contribution in [0.3, 0.4) is 0 Å². The molecule has 108 valence electrons. The minimum atomic E-state index is -1.00. The number of hydrogen-bond acceptors (Lipinski definition) is 2. The molecule has 5 heteroatoms. The molecule has 0 atom stereocenters. The lowest BCUT2D eigenvalue weighted by atomic mass is 10.1. The number of halogens is 1. The van der Waals surface area contributed by atoms with Gasteiger partial charge >= 0.3 is 5.97 Å². The summed E-state index contributed by atoms with van der Waals surface area (Å²) >= 11 is 3.37. The van der Waals surface area contributed by atoms with Crippen molar-refractivity contribution < 1.29 is 14.7 Å². The van der Waals surface area contributed by atoms with Crippen molar-refractivity contribution in [3.63, 3.8) is 0 Å². The molecule has 0 aliphatic heterocycles. The summed E-state index contributed by atoms with van der Waals surface area (Å²) in [6.45, 7) is 0.493. The van der Waals surface area contributed by atoms with Crippen LogP contribution in [0.25, 0.3) is 0 Å². The van der Waals surface area contributed by atoms with Gasteiger partial charge in [-0.15, -0.1) is 0 Å². The fourth-order valence-electron chi connectivity index (χ4n) is 1.91. The second kappa shape index (κ2) is 6.54. The number of benzene rings is 2. The van der Waals surface area contributed by atoms with Crippen LogP contribution < -0.4 is 0 Å². The van der Waals surface area contributed by atoms with Crippen molar-refractivity contribution in [2.24, 2.45) is 0 Å². The molecule has 0 aliphatic carbocycles. The van der Waals surface area contributed by atoms with Gasteiger partial charge in [0.15, 0.2) is 0 Å². The second-order valence-electron chi connectivity index (χ2n) is 4.67. The average molecular weight is 348 g/mol. The summed E-state index contributed by atoms with van der Waals surface area (Å²) in [5.74, 6) is -1.15. The molecule has 2 aromatic rings. The third-order valence-corrected chi connectivity index (χ3v) is 3.59. The predicted octanol–water partition coefficient (Wildman–Crippen LogP) is 3.42. The van der Waals surface area contributed by atoms with E-state index < -0.39 is 5.97 Å². The van der Waals surface area contributed by atoms with Gasteiger partial charge in [0.05, 0.1) is 5.56 Å². The Hall–Kier alpha value is -2.14. The first-order valence-electron chi connectivity index (χ1n) is 6.30. The maximum atomic E-state index is 12.3. The summed E-state index contributed by atoms with van der Waals surface area (Å²) in [7, 11) is 1.72. The molecule has 1 amide bonds. The summed E-state index contributed by atoms with van der Waals surface area (Å²) in [6.07, 6.45) is 0. The van der Waals surface area contributed by atoms with E-state index in [1.807, 2.05) is 24.3 Å². The van der Waals surface area contributed by atoms with Crippen molar-refractivity contribution in [3.8, 4) is 0 Å². The van der Waals surface area contributed by atoms with Gasteiger partial charge in [-0.05, 0) is 42.0 Å². The molecule has 0 radical (unpaired) electrons. The summed E-state index contributed by atoms with van der Waals surface area (Å²) < 4.78 is 0.990. The molecule has 0 heterocycles. The van der Waals surface area contributed by atoms with E-state index in [0.29, 0.717) is 12.1 Å². The van der Waals surface area contributed by atoms with Gasteiger partial charge in [0.2, 0.25) is 0 Å². The van der Waals surface area contributed by atoms with Gasteiger partial charge in [0.1, 0.15) is 0 Å². The van der Waals surface area contributed by atoms with Crippen LogP contribution in [-0.4, -0.2) is 28.9 Å². The molecule has 0 unspecified atom stereocenters. The van der Waals surface area contributed by atoms with Crippen LogP contribution in [0.2, 0.25) is 0 Å². The van der Waals surface area contributed by atoms with E-state index in [4.69, 9.17) is 5.11 Å². The van der Waals surface area contributed by atoms with Crippen LogP contribution >= 0.6 is 15.9 Å². The Morgan fingerprint density at radius 2 is 1.52 bits per heavy atom. The molecule has 0 aromatic heterocycles. The fourth-order valence-corrected chi connectivity index (χ4v) is 2.18. The van der Waals surface area contributed by atoms with Crippen LogP contribution in [0.1, 0.15) is 26.3 Å². The number of nitrogens with zero attached hydrogens (tertiary/aromatic N) is 1. The van der Waals surface area contributed by atoms with Crippen LogP contribution in [0.4, 0.5) is 0 Å². The number of aromatic carboxylic acids is 1. The number of hydrogen-bond donors (Lipinski definition) is 1. The quantitative estimate of drug-likeness (QED) is 0.921. The minimum absolute atomic E-state index is 0.144. The van der Waals surface area contributed by atoms with E-state index in [0.717, 1.165) is 10.0 Å². The number of rotatable bonds is 4. The lowest BCUT2D eigenvalue weighted by Gasteiger charge is -2.17. The maximum absolute atomic E-state index is 12.3. The topological polar surface area (TPSA) is 57.6 Å². The molecule has 21 heavy (non-hydrogen) atoms. The third kappa shape index (κ3) is 3.92. The normalized spacial score (nSPS) is 10.2. The number of carbonyl (C=O) groups is 2. The second-order valence-corrected chi connectivity index (χ2v) is 5.59. The standard InChI is InChI=1S/C16H14BrNO3/c1-18(10-11-2-8-14(17)9-3-11)15(19)12-4-6-13(7-5-12)16(20)21/h2-9H,10H2,1H3,(H,20,21). The van der Waals surface area contributed by atoms with Crippen molar-refractivity contribution >= 4 is 27.8 Å². The molecule has 0 aliphatic rings. The van der Waals surface area contributed by atoms with Gasteiger partial charge in [-0.2, -0.15) is 0 Å². The maximum Gasteiger partial charge on any atom is 0.335 e. The summed E-state index contributed by atoms with van der Waals surface area (Å²) in [5.41, 5.74) is 1.66. The summed E-state index contributed by atoms with van der Waals surface area (Å²) in [4.78, 5) is 24.6. The highest BCUT2D eigenvalue weighted by molar-refractivity contribution is 9.10. The largest absolute Gasteiger partial charge is 0.478 e. The summed E-state index contributed by atoms with van der Waals surface area (Å²) in [5, 5.41) is 8.84. The molecule has 1 N–H and O–H groups in total. The highest BCUT2D eigenvalue weighted by atomic mass is 79.9. The number of carboxylic acid groups (broad SMARTS) is 1. The number of carbonyl (C=O) groups excluding carboxylic acids is 1. The minimum Gasteiger partial charge on any atom is -0.478 e. The smallest absolute Gasteiger partial charge is 0.335 e. The number of amides is 1. The molecule has 0 spiro atoms. The van der Waals surface area contributed by atoms with E-state index >= 15 is 0 Å². The van der Waals surface area contributed by atoms with Crippen LogP contribution in [0.15, 0.2) is 53.0 Å². The lowest BCUT2D eigenvalue weighted by molar-refractivity contribution is 0.0695. The van der Waals surface area contributed by atoms with Gasteiger partial charge in [0, 0.05) is 23.6 Å². The Bertz CT molecular complexity index is 650. The van der Waals surface area contributed by atoms with E-state index in [1.54, 1.807) is 11.9 Å². The van der Waals surface area contributed by atoms with Gasteiger partial charge in [-0.3, -0.25) is 4.79 Å². The molecule has 0 saturated heterocycles. The van der Waals surface area contributed by atoms with Crippen molar-refractivity contribution in [1.82, 2.24) is 4.90 Å². The van der Waals surface area contributed by atoms with Gasteiger partial charge in [0.25, 0.3) is 5.91 Å². The molecule has 0 bridgehead atoms. The zero-order chi connectivity index (χ0) is 15.4. The zero-order valence-electron chi connectivity index (χ0n) is 11.4. The first-order chi connectivity index (χ1) is 9.97. The Balaban J connectivity index is 2.08. The van der Waals surface area contributed by atoms with Crippen molar-refractivity contribution in [2.45, 2.75) is 6.54 Å². The predicted molar refractivity (Wildman–Crippen MR) is 83.3 cm³/mol. The number of carboxylic acids is 1. The van der Waals surface area contributed by atoms with E-state index in [-0.39, 0.29) is 11.5 Å². The molecule has 0 saturated carbocycles. The Labute approximate surface area is 131 Å². The van der Waals surface area contributed by atoms with Gasteiger partial charge < -0.3 is 10.0 Å². The van der Waals surface area contributed by atoms with Crippen molar-refractivity contribution in [3.05, 3.63) is 69.7 Å². The summed E-state index contributed by atoms with van der Waals surface area (Å²) in [6, 6.07) is 13.7. The average Bonchev–Trinajstić information content (AvgIpc) is 2.49. The van der Waals surface area contributed by atoms with Gasteiger partial charge in [-0.25, -0.2) is 4.79 Å². The van der Waals surface area contributed by atoms with Crippen LogP contribution in [0, 0.1) is 0 Å². The van der Waals surface area contributed by atoms with E-state index in [2.05, 4.69) is 15.9 Å².